The third-order valence-electron chi connectivity index (χ3n) is 4.09. The first-order chi connectivity index (χ1) is 13.2. The maximum Gasteiger partial charge on any atom is 0.211 e. The van der Waals surface area contributed by atoms with Crippen LogP contribution in [0.15, 0.2) is 83.0 Å². The van der Waals surface area contributed by atoms with Gasteiger partial charge in [-0.2, -0.15) is 5.10 Å². The second-order valence-electron chi connectivity index (χ2n) is 5.91. The van der Waals surface area contributed by atoms with E-state index >= 15 is 0 Å². The predicted octanol–water partition coefficient (Wildman–Crippen LogP) is 5.99. The second-order valence-corrected chi connectivity index (χ2v) is 7.71. The largest absolute Gasteiger partial charge is 0.311 e. The third kappa shape index (κ3) is 3.98. The number of nitrogens with zero attached hydrogens (tertiary/aromatic N) is 3. The summed E-state index contributed by atoms with van der Waals surface area (Å²) in [7, 11) is 0. The normalized spacial score (nSPS) is 12.3. The summed E-state index contributed by atoms with van der Waals surface area (Å²) < 4.78 is 3.34. The Bertz CT molecular complexity index is 1180. The Morgan fingerprint density at radius 1 is 0.889 bits per heavy atom. The Hall–Kier alpha value is -2.40. The van der Waals surface area contributed by atoms with Crippen LogP contribution in [-0.4, -0.2) is 10.8 Å². The van der Waals surface area contributed by atoms with Crippen molar-refractivity contribution in [3.05, 3.63) is 98.8 Å². The molecule has 0 saturated heterocycles. The molecule has 0 atom stereocenters. The Kier molecular flexibility index (Phi) is 5.39. The molecule has 0 bridgehead atoms. The highest BCUT2D eigenvalue weighted by Crippen LogP contribution is 2.24. The van der Waals surface area contributed by atoms with Crippen LogP contribution in [0.5, 0.6) is 0 Å². The Labute approximate surface area is 170 Å². The minimum atomic E-state index is 0.478. The standard InChI is InChI=1S/C21H15Cl2N3S/c22-17-10-6-9-16(20(17)23)13-24-25-21-26(14-15-7-2-1-3-8-15)18-11-4-5-12-19(18)27-21/h1-13H,14H2/b24-13+,25-21+. The number of halogens is 2. The van der Waals surface area contributed by atoms with Crippen molar-refractivity contribution in [3.63, 3.8) is 0 Å². The first kappa shape index (κ1) is 18.0. The van der Waals surface area contributed by atoms with E-state index in [-0.39, 0.29) is 0 Å². The lowest BCUT2D eigenvalue weighted by Crippen LogP contribution is -2.15. The first-order valence-corrected chi connectivity index (χ1v) is 9.93. The van der Waals surface area contributed by atoms with Crippen LogP contribution in [0, 0.1) is 0 Å². The number of aromatic nitrogens is 1. The zero-order valence-electron chi connectivity index (χ0n) is 14.2. The molecule has 6 heteroatoms. The van der Waals surface area contributed by atoms with Gasteiger partial charge in [-0.1, -0.05) is 89.1 Å². The molecular weight excluding hydrogens is 397 g/mol. The third-order valence-corrected chi connectivity index (χ3v) is 5.98. The molecule has 27 heavy (non-hydrogen) atoms. The van der Waals surface area contributed by atoms with Crippen LogP contribution in [0.1, 0.15) is 11.1 Å². The van der Waals surface area contributed by atoms with Gasteiger partial charge >= 0.3 is 0 Å². The van der Waals surface area contributed by atoms with Crippen molar-refractivity contribution in [2.75, 3.05) is 0 Å². The number of benzene rings is 3. The van der Waals surface area contributed by atoms with E-state index in [1.165, 1.54) is 10.3 Å². The van der Waals surface area contributed by atoms with Gasteiger partial charge in [0.05, 0.1) is 33.0 Å². The maximum atomic E-state index is 6.21. The van der Waals surface area contributed by atoms with E-state index in [4.69, 9.17) is 23.2 Å². The Balaban J connectivity index is 1.76. The van der Waals surface area contributed by atoms with Crippen LogP contribution in [0.3, 0.4) is 0 Å². The summed E-state index contributed by atoms with van der Waals surface area (Å²) in [5, 5.41) is 9.69. The molecule has 0 radical (unpaired) electrons. The molecule has 0 fully saturated rings. The van der Waals surface area contributed by atoms with Crippen molar-refractivity contribution in [3.8, 4) is 0 Å². The maximum absolute atomic E-state index is 6.21. The van der Waals surface area contributed by atoms with Gasteiger partial charge in [-0.15, -0.1) is 5.10 Å². The summed E-state index contributed by atoms with van der Waals surface area (Å²) in [6.07, 6.45) is 1.63. The van der Waals surface area contributed by atoms with Gasteiger partial charge in [0.15, 0.2) is 0 Å². The van der Waals surface area contributed by atoms with Crippen LogP contribution in [0.25, 0.3) is 10.2 Å². The van der Waals surface area contributed by atoms with Crippen molar-refractivity contribution in [2.45, 2.75) is 6.54 Å². The van der Waals surface area contributed by atoms with Gasteiger partial charge in [-0.05, 0) is 23.8 Å². The molecule has 0 unspecified atom stereocenters. The molecule has 0 N–H and O–H groups in total. The number of thiazole rings is 1. The van der Waals surface area contributed by atoms with E-state index in [0.717, 1.165) is 22.4 Å². The van der Waals surface area contributed by atoms with E-state index in [0.29, 0.717) is 10.0 Å². The molecule has 1 heterocycles. The number of fused-ring (bicyclic) bond motifs is 1. The summed E-state index contributed by atoms with van der Waals surface area (Å²) in [5.41, 5.74) is 3.09. The zero-order chi connectivity index (χ0) is 18.6. The van der Waals surface area contributed by atoms with Crippen LogP contribution >= 0.6 is 34.5 Å². The topological polar surface area (TPSA) is 29.6 Å². The number of para-hydroxylation sites is 1. The van der Waals surface area contributed by atoms with Crippen molar-refractivity contribution in [1.29, 1.82) is 0 Å². The summed E-state index contributed by atoms with van der Waals surface area (Å²) in [4.78, 5) is 0.828. The highest BCUT2D eigenvalue weighted by atomic mass is 35.5. The average molecular weight is 412 g/mol. The monoisotopic (exact) mass is 411 g/mol. The summed E-state index contributed by atoms with van der Waals surface area (Å²) >= 11 is 13.9. The second kappa shape index (κ2) is 8.09. The molecular formula is C21H15Cl2N3S. The molecule has 4 rings (SSSR count). The van der Waals surface area contributed by atoms with E-state index in [9.17, 15) is 0 Å². The number of hydrogen-bond donors (Lipinski definition) is 0. The van der Waals surface area contributed by atoms with Gasteiger partial charge in [0.2, 0.25) is 4.80 Å². The molecule has 0 aliphatic heterocycles. The van der Waals surface area contributed by atoms with Crippen LogP contribution in [0.2, 0.25) is 10.0 Å². The van der Waals surface area contributed by atoms with E-state index < -0.39 is 0 Å². The Morgan fingerprint density at radius 3 is 2.52 bits per heavy atom. The fourth-order valence-electron chi connectivity index (χ4n) is 2.78. The van der Waals surface area contributed by atoms with Gasteiger partial charge in [0, 0.05) is 5.56 Å². The SMILES string of the molecule is Clc1cccc(/C=N/N=c2/sc3ccccc3n2Cc2ccccc2)c1Cl. The van der Waals surface area contributed by atoms with Gasteiger partial charge in [-0.3, -0.25) is 0 Å². The van der Waals surface area contributed by atoms with Crippen molar-refractivity contribution in [2.24, 2.45) is 10.2 Å². The lowest BCUT2D eigenvalue weighted by Gasteiger charge is -2.05. The summed E-state index contributed by atoms with van der Waals surface area (Å²) in [5.74, 6) is 0. The molecule has 134 valence electrons. The molecule has 3 aromatic carbocycles. The highest BCUT2D eigenvalue weighted by molar-refractivity contribution is 7.16. The van der Waals surface area contributed by atoms with E-state index in [1.807, 2.05) is 42.5 Å². The van der Waals surface area contributed by atoms with Crippen LogP contribution in [-0.2, 0) is 6.54 Å². The predicted molar refractivity (Wildman–Crippen MR) is 115 cm³/mol. The van der Waals surface area contributed by atoms with Gasteiger partial charge in [0.1, 0.15) is 0 Å². The highest BCUT2D eigenvalue weighted by Gasteiger charge is 2.06. The quantitative estimate of drug-likeness (QED) is 0.291. The molecule has 0 spiro atoms. The van der Waals surface area contributed by atoms with E-state index in [1.54, 1.807) is 23.6 Å². The summed E-state index contributed by atoms with van der Waals surface area (Å²) in [6, 6.07) is 24.0. The molecule has 0 saturated carbocycles. The van der Waals surface area contributed by atoms with Gasteiger partial charge in [-0.25, -0.2) is 0 Å². The fraction of sp³-hybridized carbons (Fsp3) is 0.0476. The fourth-order valence-corrected chi connectivity index (χ4v) is 4.12. The van der Waals surface area contributed by atoms with Crippen LogP contribution in [0.4, 0.5) is 0 Å². The van der Waals surface area contributed by atoms with Crippen molar-refractivity contribution < 1.29 is 0 Å². The van der Waals surface area contributed by atoms with Gasteiger partial charge in [0.25, 0.3) is 0 Å². The Morgan fingerprint density at radius 2 is 1.67 bits per heavy atom. The van der Waals surface area contributed by atoms with Crippen molar-refractivity contribution in [1.82, 2.24) is 4.57 Å². The zero-order valence-corrected chi connectivity index (χ0v) is 16.5. The molecule has 1 aromatic heterocycles. The van der Waals surface area contributed by atoms with Crippen molar-refractivity contribution >= 4 is 51.0 Å². The number of hydrogen-bond acceptors (Lipinski definition) is 3. The molecule has 0 aliphatic rings. The smallest absolute Gasteiger partial charge is 0.211 e. The number of rotatable bonds is 4. The lowest BCUT2D eigenvalue weighted by molar-refractivity contribution is 0.789. The lowest BCUT2D eigenvalue weighted by atomic mass is 10.2. The molecule has 0 aliphatic carbocycles. The van der Waals surface area contributed by atoms with Gasteiger partial charge < -0.3 is 4.57 Å². The summed E-state index contributed by atoms with van der Waals surface area (Å²) in [6.45, 7) is 0.733. The molecule has 0 amide bonds. The minimum absolute atomic E-state index is 0.478. The average Bonchev–Trinajstić information content (AvgIpc) is 3.03. The molecule has 3 nitrogen and oxygen atoms in total. The minimum Gasteiger partial charge on any atom is -0.311 e. The molecule has 4 aromatic rings. The first-order valence-electron chi connectivity index (χ1n) is 8.36. The van der Waals surface area contributed by atoms with Crippen LogP contribution < -0.4 is 4.80 Å². The van der Waals surface area contributed by atoms with E-state index in [2.05, 4.69) is 39.0 Å².